The van der Waals surface area contributed by atoms with Crippen molar-refractivity contribution in [3.05, 3.63) is 64.5 Å². The van der Waals surface area contributed by atoms with Gasteiger partial charge in [-0.25, -0.2) is 9.97 Å². The molecule has 0 unspecified atom stereocenters. The second kappa shape index (κ2) is 8.06. The van der Waals surface area contributed by atoms with E-state index in [1.54, 1.807) is 10.5 Å². The summed E-state index contributed by atoms with van der Waals surface area (Å²) in [5.41, 5.74) is 6.38. The lowest BCUT2D eigenvalue weighted by atomic mass is 10.0. The summed E-state index contributed by atoms with van der Waals surface area (Å²) in [7, 11) is 2.16. The molecular weight excluding hydrogens is 400 g/mol. The smallest absolute Gasteiger partial charge is 0.258 e. The molecule has 0 aromatic carbocycles. The van der Waals surface area contributed by atoms with Gasteiger partial charge in [0.25, 0.3) is 5.56 Å². The first-order valence-electron chi connectivity index (χ1n) is 11.4. The fourth-order valence-corrected chi connectivity index (χ4v) is 4.54. The molecule has 32 heavy (non-hydrogen) atoms. The summed E-state index contributed by atoms with van der Waals surface area (Å²) in [6, 6.07) is 7.80. The van der Waals surface area contributed by atoms with Crippen LogP contribution < -0.4 is 10.5 Å². The number of hydrogen-bond donors (Lipinski definition) is 0. The Labute approximate surface area is 187 Å². The minimum absolute atomic E-state index is 0.0632. The summed E-state index contributed by atoms with van der Waals surface area (Å²) in [6.07, 6.45) is 7.09. The molecule has 0 radical (unpaired) electrons. The molecule has 4 aromatic rings. The molecule has 5 rings (SSSR count). The van der Waals surface area contributed by atoms with Gasteiger partial charge in [0.1, 0.15) is 11.3 Å². The van der Waals surface area contributed by atoms with Crippen molar-refractivity contribution in [2.45, 2.75) is 33.1 Å². The van der Waals surface area contributed by atoms with Crippen LogP contribution >= 0.6 is 0 Å². The summed E-state index contributed by atoms with van der Waals surface area (Å²) in [5, 5.41) is 0. The van der Waals surface area contributed by atoms with E-state index in [0.717, 1.165) is 60.8 Å². The molecule has 1 aliphatic heterocycles. The van der Waals surface area contributed by atoms with Gasteiger partial charge in [0.2, 0.25) is 0 Å². The second-order valence-corrected chi connectivity index (χ2v) is 9.19. The fraction of sp³-hybridized carbons (Fsp3) is 0.400. The summed E-state index contributed by atoms with van der Waals surface area (Å²) >= 11 is 0. The van der Waals surface area contributed by atoms with Gasteiger partial charge in [-0.3, -0.25) is 9.20 Å². The van der Waals surface area contributed by atoms with Crippen LogP contribution in [0, 0.1) is 6.92 Å². The lowest BCUT2D eigenvalue weighted by Gasteiger charge is -2.23. The van der Waals surface area contributed by atoms with Gasteiger partial charge in [-0.2, -0.15) is 0 Å². The van der Waals surface area contributed by atoms with Crippen molar-refractivity contribution >= 4 is 17.0 Å². The van der Waals surface area contributed by atoms with Crippen molar-refractivity contribution < 1.29 is 0 Å². The molecule has 5 heterocycles. The number of fused-ring (bicyclic) bond motifs is 2. The molecule has 1 saturated heterocycles. The number of anilines is 1. The van der Waals surface area contributed by atoms with Crippen LogP contribution in [-0.4, -0.2) is 56.9 Å². The summed E-state index contributed by atoms with van der Waals surface area (Å²) in [4.78, 5) is 27.3. The Morgan fingerprint density at radius 2 is 1.81 bits per heavy atom. The fourth-order valence-electron chi connectivity index (χ4n) is 4.54. The van der Waals surface area contributed by atoms with Crippen LogP contribution in [0.3, 0.4) is 0 Å². The van der Waals surface area contributed by atoms with Gasteiger partial charge >= 0.3 is 0 Å². The largest absolute Gasteiger partial charge is 0.369 e. The third-order valence-corrected chi connectivity index (χ3v) is 6.35. The van der Waals surface area contributed by atoms with E-state index in [1.165, 1.54) is 0 Å². The van der Waals surface area contributed by atoms with E-state index >= 15 is 0 Å². The van der Waals surface area contributed by atoms with Gasteiger partial charge < -0.3 is 14.2 Å². The molecule has 0 aliphatic carbocycles. The molecule has 4 aromatic heterocycles. The Morgan fingerprint density at radius 1 is 0.969 bits per heavy atom. The molecule has 0 spiro atoms. The average molecular weight is 431 g/mol. The summed E-state index contributed by atoms with van der Waals surface area (Å²) in [5.74, 6) is 0.316. The SMILES string of the molecule is Cc1cn2cc(-c3cc(=O)n4cc(N5CCCN(C)CC5)ccc4n3)cc(C(C)C)c2n1. The monoisotopic (exact) mass is 430 g/mol. The van der Waals surface area contributed by atoms with Crippen molar-refractivity contribution in [2.24, 2.45) is 0 Å². The maximum absolute atomic E-state index is 13.1. The maximum atomic E-state index is 13.1. The van der Waals surface area contributed by atoms with Crippen LogP contribution in [0.1, 0.15) is 37.4 Å². The molecule has 1 aliphatic rings. The van der Waals surface area contributed by atoms with Crippen LogP contribution in [0.5, 0.6) is 0 Å². The highest BCUT2D eigenvalue weighted by molar-refractivity contribution is 5.67. The third kappa shape index (κ3) is 3.77. The van der Waals surface area contributed by atoms with Crippen LogP contribution in [0.15, 0.2) is 47.7 Å². The van der Waals surface area contributed by atoms with Crippen molar-refractivity contribution in [1.29, 1.82) is 0 Å². The molecule has 0 atom stereocenters. The number of aryl methyl sites for hydroxylation is 1. The van der Waals surface area contributed by atoms with Gasteiger partial charge in [-0.05, 0) is 56.6 Å². The number of imidazole rings is 1. The van der Waals surface area contributed by atoms with E-state index in [-0.39, 0.29) is 5.56 Å². The van der Waals surface area contributed by atoms with Crippen molar-refractivity contribution in [2.75, 3.05) is 38.1 Å². The van der Waals surface area contributed by atoms with Gasteiger partial charge in [0, 0.05) is 49.9 Å². The Morgan fingerprint density at radius 3 is 2.62 bits per heavy atom. The van der Waals surface area contributed by atoms with E-state index in [9.17, 15) is 4.79 Å². The first-order chi connectivity index (χ1) is 15.4. The Bertz CT molecular complexity index is 1350. The van der Waals surface area contributed by atoms with Crippen LogP contribution in [-0.2, 0) is 0 Å². The third-order valence-electron chi connectivity index (χ3n) is 6.35. The topological polar surface area (TPSA) is 58.2 Å². The van der Waals surface area contributed by atoms with E-state index in [1.807, 2.05) is 36.0 Å². The summed E-state index contributed by atoms with van der Waals surface area (Å²) < 4.78 is 3.71. The van der Waals surface area contributed by atoms with Gasteiger partial charge in [0.15, 0.2) is 0 Å². The van der Waals surface area contributed by atoms with Gasteiger partial charge in [0.05, 0.1) is 17.1 Å². The highest BCUT2D eigenvalue weighted by atomic mass is 16.1. The number of pyridine rings is 2. The standard InChI is InChI=1S/C25H30N6O/c1-17(2)21-12-19(15-30-14-18(3)26-25(21)30)22-13-24(32)31-16-20(6-7-23(31)27-22)29-9-5-8-28(4)10-11-29/h6-7,12-17H,5,8-11H2,1-4H3. The van der Waals surface area contributed by atoms with Gasteiger partial charge in [-0.1, -0.05) is 13.8 Å². The van der Waals surface area contributed by atoms with E-state index < -0.39 is 0 Å². The Kier molecular flexibility index (Phi) is 5.21. The van der Waals surface area contributed by atoms with Crippen LogP contribution in [0.25, 0.3) is 22.6 Å². The van der Waals surface area contributed by atoms with Crippen molar-refractivity contribution in [3.8, 4) is 11.3 Å². The lowest BCUT2D eigenvalue weighted by Crippen LogP contribution is -2.29. The minimum atomic E-state index is -0.0632. The van der Waals surface area contributed by atoms with Crippen LogP contribution in [0.2, 0.25) is 0 Å². The first kappa shape index (κ1) is 20.7. The Hall–Kier alpha value is -3.19. The molecule has 166 valence electrons. The number of aromatic nitrogens is 4. The maximum Gasteiger partial charge on any atom is 0.258 e. The second-order valence-electron chi connectivity index (χ2n) is 9.19. The molecule has 0 N–H and O–H groups in total. The summed E-state index contributed by atoms with van der Waals surface area (Å²) in [6.45, 7) is 10.4. The highest BCUT2D eigenvalue weighted by Gasteiger charge is 2.16. The molecule has 0 bridgehead atoms. The van der Waals surface area contributed by atoms with E-state index in [4.69, 9.17) is 4.98 Å². The molecule has 7 nitrogen and oxygen atoms in total. The average Bonchev–Trinajstić information content (AvgIpc) is 3.00. The van der Waals surface area contributed by atoms with Crippen molar-refractivity contribution in [1.82, 2.24) is 23.7 Å². The zero-order valence-electron chi connectivity index (χ0n) is 19.2. The molecular formula is C25H30N6O. The lowest BCUT2D eigenvalue weighted by molar-refractivity contribution is 0.360. The highest BCUT2D eigenvalue weighted by Crippen LogP contribution is 2.27. The molecule has 0 saturated carbocycles. The quantitative estimate of drug-likeness (QED) is 0.497. The number of likely N-dealkylation sites (N-methyl/N-ethyl adjacent to an activating group) is 1. The molecule has 1 fully saturated rings. The van der Waals surface area contributed by atoms with Crippen molar-refractivity contribution in [3.63, 3.8) is 0 Å². The predicted molar refractivity (Wildman–Crippen MR) is 129 cm³/mol. The molecule has 7 heteroatoms. The number of hydrogen-bond acceptors (Lipinski definition) is 5. The van der Waals surface area contributed by atoms with E-state index in [2.05, 4.69) is 47.8 Å². The van der Waals surface area contributed by atoms with Crippen LogP contribution in [0.4, 0.5) is 5.69 Å². The minimum Gasteiger partial charge on any atom is -0.369 e. The first-order valence-corrected chi connectivity index (χ1v) is 11.4. The predicted octanol–water partition coefficient (Wildman–Crippen LogP) is 3.58. The van der Waals surface area contributed by atoms with E-state index in [0.29, 0.717) is 17.3 Å². The normalized spacial score (nSPS) is 15.7. The van der Waals surface area contributed by atoms with Gasteiger partial charge in [-0.15, -0.1) is 0 Å². The zero-order chi connectivity index (χ0) is 22.4. The number of nitrogens with zero attached hydrogens (tertiary/aromatic N) is 6. The molecule has 0 amide bonds. The Balaban J connectivity index is 1.57. The zero-order valence-corrected chi connectivity index (χ0v) is 19.2. The number of rotatable bonds is 3.